The van der Waals surface area contributed by atoms with Gasteiger partial charge in [-0.2, -0.15) is 0 Å². The van der Waals surface area contributed by atoms with Gasteiger partial charge in [-0.1, -0.05) is 6.92 Å². The van der Waals surface area contributed by atoms with Crippen LogP contribution in [0.5, 0.6) is 5.75 Å². The molecule has 0 atom stereocenters. The fraction of sp³-hybridized carbons (Fsp3) is 0.650. The highest BCUT2D eigenvalue weighted by Crippen LogP contribution is 2.25. The Morgan fingerprint density at radius 2 is 1.75 bits per heavy atom. The van der Waals surface area contributed by atoms with Gasteiger partial charge >= 0.3 is 5.97 Å². The second-order valence-corrected chi connectivity index (χ2v) is 7.36. The summed E-state index contributed by atoms with van der Waals surface area (Å²) in [5.74, 6) is 0.583. The summed E-state index contributed by atoms with van der Waals surface area (Å²) in [5, 5.41) is 0. The van der Waals surface area contributed by atoms with E-state index in [0.717, 1.165) is 36.4 Å². The molecular weight excluding hydrogens is 302 g/mol. The van der Waals surface area contributed by atoms with Gasteiger partial charge in [0, 0.05) is 5.54 Å². The normalized spacial score (nSPS) is 15.5. The largest absolute Gasteiger partial charge is 0.494 e. The molecule has 0 unspecified atom stereocenters. The number of nitrogens with zero attached hydrogens (tertiary/aromatic N) is 1. The lowest BCUT2D eigenvalue weighted by molar-refractivity contribution is 0.0192. The van der Waals surface area contributed by atoms with Crippen LogP contribution in [-0.2, 0) is 4.74 Å². The second kappa shape index (κ2) is 8.02. The molecule has 0 bridgehead atoms. The van der Waals surface area contributed by atoms with Gasteiger partial charge in [0.05, 0.1) is 12.2 Å². The second-order valence-electron chi connectivity index (χ2n) is 7.36. The maximum atomic E-state index is 12.6. The van der Waals surface area contributed by atoms with Gasteiger partial charge in [-0.3, -0.25) is 4.90 Å². The predicted molar refractivity (Wildman–Crippen MR) is 96.9 cm³/mol. The highest BCUT2D eigenvalue weighted by molar-refractivity contribution is 5.93. The Hall–Kier alpha value is -1.55. The molecule has 24 heavy (non-hydrogen) atoms. The molecule has 1 aliphatic rings. The number of esters is 1. The molecule has 0 radical (unpaired) electrons. The number of likely N-dealkylation sites (tertiary alicyclic amines) is 1. The quantitative estimate of drug-likeness (QED) is 0.704. The molecule has 0 aliphatic carbocycles. The predicted octanol–water partition coefficient (Wildman–Crippen LogP) is 4.12. The highest BCUT2D eigenvalue weighted by Gasteiger charge is 2.31. The van der Waals surface area contributed by atoms with Crippen molar-refractivity contribution in [2.45, 2.75) is 59.4 Å². The van der Waals surface area contributed by atoms with Gasteiger partial charge in [-0.15, -0.1) is 0 Å². The Morgan fingerprint density at radius 3 is 2.29 bits per heavy atom. The number of hydrogen-bond acceptors (Lipinski definition) is 4. The third-order valence-corrected chi connectivity index (χ3v) is 4.70. The lowest BCUT2D eigenvalue weighted by Crippen LogP contribution is -2.46. The fourth-order valence-corrected chi connectivity index (χ4v) is 3.28. The number of hydrogen-bond donors (Lipinski definition) is 0. The summed E-state index contributed by atoms with van der Waals surface area (Å²) in [4.78, 5) is 15.0. The smallest absolute Gasteiger partial charge is 0.338 e. The Kier molecular flexibility index (Phi) is 6.27. The molecule has 134 valence electrons. The maximum absolute atomic E-state index is 12.6. The first-order valence-electron chi connectivity index (χ1n) is 9.01. The standard InChI is InChI=1S/C20H31NO3/c1-6-11-23-17-12-15(2)18(16(3)13-17)19(22)24-14-20(4,5)21-9-7-8-10-21/h12-13H,6-11,14H2,1-5H3. The van der Waals surface area contributed by atoms with Crippen LogP contribution in [0, 0.1) is 13.8 Å². The van der Waals surface area contributed by atoms with Crippen LogP contribution in [-0.4, -0.2) is 42.7 Å². The first kappa shape index (κ1) is 18.8. The number of rotatable bonds is 7. The molecule has 0 saturated carbocycles. The van der Waals surface area contributed by atoms with E-state index in [1.54, 1.807) is 0 Å². The molecule has 0 N–H and O–H groups in total. The molecule has 0 aromatic heterocycles. The van der Waals surface area contributed by atoms with Crippen molar-refractivity contribution >= 4 is 5.97 Å². The van der Waals surface area contributed by atoms with E-state index in [1.807, 2.05) is 26.0 Å². The molecule has 0 amide bonds. The molecule has 1 aliphatic heterocycles. The van der Waals surface area contributed by atoms with Crippen molar-refractivity contribution in [3.05, 3.63) is 28.8 Å². The van der Waals surface area contributed by atoms with Crippen LogP contribution in [0.2, 0.25) is 0 Å². The van der Waals surface area contributed by atoms with Crippen molar-refractivity contribution in [1.82, 2.24) is 4.90 Å². The fourth-order valence-electron chi connectivity index (χ4n) is 3.28. The first-order chi connectivity index (χ1) is 11.3. The van der Waals surface area contributed by atoms with Gasteiger partial charge in [0.15, 0.2) is 0 Å². The average molecular weight is 333 g/mol. The van der Waals surface area contributed by atoms with Crippen LogP contribution >= 0.6 is 0 Å². The van der Waals surface area contributed by atoms with Crippen LogP contribution in [0.3, 0.4) is 0 Å². The van der Waals surface area contributed by atoms with E-state index in [2.05, 4.69) is 25.7 Å². The summed E-state index contributed by atoms with van der Waals surface area (Å²) in [6, 6.07) is 3.84. The number of carbonyl (C=O) groups excluding carboxylic acids is 1. The maximum Gasteiger partial charge on any atom is 0.338 e. The summed E-state index contributed by atoms with van der Waals surface area (Å²) in [7, 11) is 0. The minimum atomic E-state index is -0.237. The number of ether oxygens (including phenoxy) is 2. The van der Waals surface area contributed by atoms with E-state index in [-0.39, 0.29) is 11.5 Å². The minimum absolute atomic E-state index is 0.113. The van der Waals surface area contributed by atoms with Crippen molar-refractivity contribution in [2.75, 3.05) is 26.3 Å². The molecule has 1 aromatic carbocycles. The first-order valence-corrected chi connectivity index (χ1v) is 9.01. The van der Waals surface area contributed by atoms with E-state index in [1.165, 1.54) is 12.8 Å². The van der Waals surface area contributed by atoms with E-state index in [9.17, 15) is 4.79 Å². The van der Waals surface area contributed by atoms with Crippen molar-refractivity contribution in [3.63, 3.8) is 0 Å². The van der Waals surface area contributed by atoms with Crippen molar-refractivity contribution in [3.8, 4) is 5.75 Å². The van der Waals surface area contributed by atoms with Crippen molar-refractivity contribution in [1.29, 1.82) is 0 Å². The van der Waals surface area contributed by atoms with Crippen LogP contribution in [0.25, 0.3) is 0 Å². The summed E-state index contributed by atoms with van der Waals surface area (Å²) in [6.07, 6.45) is 3.43. The molecule has 1 fully saturated rings. The topological polar surface area (TPSA) is 38.8 Å². The Labute approximate surface area is 146 Å². The summed E-state index contributed by atoms with van der Waals surface area (Å²) in [6.45, 7) is 13.5. The van der Waals surface area contributed by atoms with Crippen molar-refractivity contribution < 1.29 is 14.3 Å². The third kappa shape index (κ3) is 4.50. The molecule has 4 heteroatoms. The van der Waals surface area contributed by atoms with E-state index in [4.69, 9.17) is 9.47 Å². The van der Waals surface area contributed by atoms with Gasteiger partial charge < -0.3 is 9.47 Å². The number of aryl methyl sites for hydroxylation is 2. The third-order valence-electron chi connectivity index (χ3n) is 4.70. The molecule has 0 spiro atoms. The van der Waals surface area contributed by atoms with Gasteiger partial charge in [0.2, 0.25) is 0 Å². The summed E-state index contributed by atoms with van der Waals surface area (Å²) in [5.41, 5.74) is 2.37. The molecule has 2 rings (SSSR count). The summed E-state index contributed by atoms with van der Waals surface area (Å²) >= 11 is 0. The van der Waals surface area contributed by atoms with E-state index < -0.39 is 0 Å². The average Bonchev–Trinajstić information content (AvgIpc) is 3.05. The lowest BCUT2D eigenvalue weighted by Gasteiger charge is -2.34. The molecule has 4 nitrogen and oxygen atoms in total. The molecule has 1 heterocycles. The van der Waals surface area contributed by atoms with Gasteiger partial charge in [0.25, 0.3) is 0 Å². The zero-order valence-corrected chi connectivity index (χ0v) is 15.8. The van der Waals surface area contributed by atoms with Gasteiger partial charge in [-0.25, -0.2) is 4.79 Å². The van der Waals surface area contributed by atoms with E-state index in [0.29, 0.717) is 18.8 Å². The number of carbonyl (C=O) groups is 1. The van der Waals surface area contributed by atoms with Crippen LogP contribution in [0.1, 0.15) is 61.5 Å². The monoisotopic (exact) mass is 333 g/mol. The van der Waals surface area contributed by atoms with Gasteiger partial charge in [0.1, 0.15) is 12.4 Å². The van der Waals surface area contributed by atoms with Gasteiger partial charge in [-0.05, 0) is 83.3 Å². The van der Waals surface area contributed by atoms with Crippen LogP contribution in [0.4, 0.5) is 0 Å². The SMILES string of the molecule is CCCOc1cc(C)c(C(=O)OCC(C)(C)N2CCCC2)c(C)c1. The molecule has 1 aromatic rings. The Bertz CT molecular complexity index is 551. The van der Waals surface area contributed by atoms with Crippen LogP contribution in [0.15, 0.2) is 12.1 Å². The Balaban J connectivity index is 2.04. The number of benzene rings is 1. The minimum Gasteiger partial charge on any atom is -0.494 e. The van der Waals surface area contributed by atoms with Crippen LogP contribution < -0.4 is 4.74 Å². The highest BCUT2D eigenvalue weighted by atomic mass is 16.5. The zero-order chi connectivity index (χ0) is 17.7. The zero-order valence-electron chi connectivity index (χ0n) is 15.8. The molecule has 1 saturated heterocycles. The summed E-state index contributed by atoms with van der Waals surface area (Å²) < 4.78 is 11.3. The van der Waals surface area contributed by atoms with E-state index >= 15 is 0 Å². The Morgan fingerprint density at radius 1 is 1.17 bits per heavy atom. The molecular formula is C20H31NO3. The lowest BCUT2D eigenvalue weighted by atomic mass is 10.0. The van der Waals surface area contributed by atoms with Crippen molar-refractivity contribution in [2.24, 2.45) is 0 Å².